The van der Waals surface area contributed by atoms with E-state index in [2.05, 4.69) is 16.7 Å². The number of nitrogens with two attached hydrogens (primary N) is 1. The van der Waals surface area contributed by atoms with Crippen molar-refractivity contribution in [1.82, 2.24) is 5.32 Å². The lowest BCUT2D eigenvalue weighted by atomic mass is 10.0. The molecule has 1 heterocycles. The summed E-state index contributed by atoms with van der Waals surface area (Å²) < 4.78 is 0. The van der Waals surface area contributed by atoms with Gasteiger partial charge in [-0.2, -0.15) is 0 Å². The van der Waals surface area contributed by atoms with Crippen LogP contribution in [0.5, 0.6) is 0 Å². The maximum absolute atomic E-state index is 12.0. The topological polar surface area (TPSA) is 84.2 Å². The lowest BCUT2D eigenvalue weighted by Crippen LogP contribution is -2.31. The average molecular weight is 337 g/mol. The van der Waals surface area contributed by atoms with Crippen LogP contribution in [0.1, 0.15) is 35.6 Å². The van der Waals surface area contributed by atoms with E-state index in [0.29, 0.717) is 19.4 Å². The summed E-state index contributed by atoms with van der Waals surface area (Å²) in [5.41, 5.74) is 10.2. The van der Waals surface area contributed by atoms with E-state index in [4.69, 9.17) is 5.73 Å². The molecule has 1 aliphatic rings. The third kappa shape index (κ3) is 4.67. The van der Waals surface area contributed by atoms with Gasteiger partial charge in [0.2, 0.25) is 11.8 Å². The predicted octanol–water partition coefficient (Wildman–Crippen LogP) is 2.32. The van der Waals surface area contributed by atoms with E-state index in [1.807, 2.05) is 42.5 Å². The number of carbonyl (C=O) groups is 2. The zero-order chi connectivity index (χ0) is 17.6. The molecule has 0 saturated carbocycles. The highest BCUT2D eigenvalue weighted by molar-refractivity contribution is 5.99. The van der Waals surface area contributed by atoms with Gasteiger partial charge >= 0.3 is 0 Å². The molecule has 0 radical (unpaired) electrons. The molecule has 0 bridgehead atoms. The third-order valence-electron chi connectivity index (χ3n) is 4.41. The van der Waals surface area contributed by atoms with Crippen molar-refractivity contribution in [2.75, 3.05) is 11.9 Å². The van der Waals surface area contributed by atoms with E-state index in [1.54, 1.807) is 0 Å². The van der Waals surface area contributed by atoms with Crippen LogP contribution in [-0.2, 0) is 22.4 Å². The molecule has 25 heavy (non-hydrogen) atoms. The maximum Gasteiger partial charge on any atom is 0.228 e. The second-order valence-corrected chi connectivity index (χ2v) is 6.39. The first-order valence-electron chi connectivity index (χ1n) is 8.60. The fourth-order valence-corrected chi connectivity index (χ4v) is 3.02. The summed E-state index contributed by atoms with van der Waals surface area (Å²) in [5, 5.41) is 5.72. The minimum Gasteiger partial charge on any atom is -0.354 e. The zero-order valence-corrected chi connectivity index (χ0v) is 14.1. The SMILES string of the molecule is NC(CNC(=O)CCCc1ccc2c(c1)CC(=O)N2)c1ccccc1. The van der Waals surface area contributed by atoms with E-state index in [0.717, 1.165) is 35.2 Å². The molecular weight excluding hydrogens is 314 g/mol. The highest BCUT2D eigenvalue weighted by Gasteiger charge is 2.17. The summed E-state index contributed by atoms with van der Waals surface area (Å²) in [6.07, 6.45) is 2.50. The number of aryl methyl sites for hydroxylation is 1. The van der Waals surface area contributed by atoms with Crippen molar-refractivity contribution in [1.29, 1.82) is 0 Å². The highest BCUT2D eigenvalue weighted by Crippen LogP contribution is 2.24. The highest BCUT2D eigenvalue weighted by atomic mass is 16.2. The minimum atomic E-state index is -0.188. The molecule has 0 aliphatic carbocycles. The molecular formula is C20H23N3O2. The smallest absolute Gasteiger partial charge is 0.228 e. The van der Waals surface area contributed by atoms with Crippen molar-refractivity contribution >= 4 is 17.5 Å². The monoisotopic (exact) mass is 337 g/mol. The molecule has 0 saturated heterocycles. The first kappa shape index (κ1) is 17.2. The van der Waals surface area contributed by atoms with Gasteiger partial charge < -0.3 is 16.4 Å². The lowest BCUT2D eigenvalue weighted by Gasteiger charge is -2.13. The molecule has 1 atom stereocenters. The molecule has 0 spiro atoms. The predicted molar refractivity (Wildman–Crippen MR) is 98.1 cm³/mol. The number of fused-ring (bicyclic) bond motifs is 1. The number of amides is 2. The first-order valence-corrected chi connectivity index (χ1v) is 8.60. The molecule has 2 aromatic carbocycles. The minimum absolute atomic E-state index is 0.0179. The van der Waals surface area contributed by atoms with E-state index in [1.165, 1.54) is 0 Å². The van der Waals surface area contributed by atoms with Gasteiger partial charge in [-0.1, -0.05) is 42.5 Å². The van der Waals surface area contributed by atoms with Crippen LogP contribution in [0.2, 0.25) is 0 Å². The van der Waals surface area contributed by atoms with Gasteiger partial charge in [-0.15, -0.1) is 0 Å². The Labute approximate surface area is 147 Å². The molecule has 5 heteroatoms. The van der Waals surface area contributed by atoms with Gasteiger partial charge in [-0.3, -0.25) is 9.59 Å². The summed E-state index contributed by atoms with van der Waals surface area (Å²) in [5.74, 6) is 0.0608. The molecule has 1 unspecified atom stereocenters. The summed E-state index contributed by atoms with van der Waals surface area (Å²) >= 11 is 0. The Morgan fingerprint density at radius 3 is 2.80 bits per heavy atom. The summed E-state index contributed by atoms with van der Waals surface area (Å²) in [6.45, 7) is 0.440. The van der Waals surface area contributed by atoms with Gasteiger partial charge in [0.25, 0.3) is 0 Å². The number of anilines is 1. The van der Waals surface area contributed by atoms with Crippen LogP contribution in [0.3, 0.4) is 0 Å². The van der Waals surface area contributed by atoms with Crippen molar-refractivity contribution in [2.45, 2.75) is 31.7 Å². The Bertz CT molecular complexity index is 759. The molecule has 2 aromatic rings. The van der Waals surface area contributed by atoms with E-state index in [9.17, 15) is 9.59 Å². The van der Waals surface area contributed by atoms with Crippen LogP contribution in [0.15, 0.2) is 48.5 Å². The van der Waals surface area contributed by atoms with Crippen LogP contribution >= 0.6 is 0 Å². The fraction of sp³-hybridized carbons (Fsp3) is 0.300. The first-order chi connectivity index (χ1) is 12.1. The second-order valence-electron chi connectivity index (χ2n) is 6.39. The largest absolute Gasteiger partial charge is 0.354 e. The molecule has 130 valence electrons. The van der Waals surface area contributed by atoms with Crippen LogP contribution < -0.4 is 16.4 Å². The van der Waals surface area contributed by atoms with Crippen molar-refractivity contribution in [3.05, 3.63) is 65.2 Å². The number of rotatable bonds is 7. The summed E-state index contributed by atoms with van der Waals surface area (Å²) in [6, 6.07) is 15.6. The van der Waals surface area contributed by atoms with Crippen LogP contribution in [0.25, 0.3) is 0 Å². The number of nitrogens with one attached hydrogen (secondary N) is 2. The average Bonchev–Trinajstić information content (AvgIpc) is 2.99. The van der Waals surface area contributed by atoms with Gasteiger partial charge in [-0.05, 0) is 35.6 Å². The second kappa shape index (κ2) is 7.94. The molecule has 1 aliphatic heterocycles. The van der Waals surface area contributed by atoms with Crippen LogP contribution in [0, 0.1) is 0 Å². The normalized spacial score (nSPS) is 13.9. The Kier molecular flexibility index (Phi) is 5.46. The number of hydrogen-bond acceptors (Lipinski definition) is 3. The molecule has 4 N–H and O–H groups in total. The molecule has 5 nitrogen and oxygen atoms in total. The van der Waals surface area contributed by atoms with E-state index >= 15 is 0 Å². The van der Waals surface area contributed by atoms with Crippen molar-refractivity contribution in [3.8, 4) is 0 Å². The van der Waals surface area contributed by atoms with Gasteiger partial charge in [0, 0.05) is 24.7 Å². The maximum atomic E-state index is 12.0. The van der Waals surface area contributed by atoms with Gasteiger partial charge in [-0.25, -0.2) is 0 Å². The van der Waals surface area contributed by atoms with E-state index < -0.39 is 0 Å². The van der Waals surface area contributed by atoms with Gasteiger partial charge in [0.1, 0.15) is 0 Å². The summed E-state index contributed by atoms with van der Waals surface area (Å²) in [7, 11) is 0. The van der Waals surface area contributed by atoms with Gasteiger partial charge in [0.05, 0.1) is 6.42 Å². The van der Waals surface area contributed by atoms with Crippen LogP contribution in [-0.4, -0.2) is 18.4 Å². The molecule has 0 aromatic heterocycles. The van der Waals surface area contributed by atoms with Crippen molar-refractivity contribution < 1.29 is 9.59 Å². The van der Waals surface area contributed by atoms with Crippen molar-refractivity contribution in [2.24, 2.45) is 5.73 Å². The summed E-state index contributed by atoms with van der Waals surface area (Å²) in [4.78, 5) is 23.3. The molecule has 0 fully saturated rings. The van der Waals surface area contributed by atoms with E-state index in [-0.39, 0.29) is 17.9 Å². The zero-order valence-electron chi connectivity index (χ0n) is 14.1. The lowest BCUT2D eigenvalue weighted by molar-refractivity contribution is -0.121. The molecule has 3 rings (SSSR count). The Morgan fingerprint density at radius 1 is 1.20 bits per heavy atom. The Hall–Kier alpha value is -2.66. The molecule has 2 amide bonds. The van der Waals surface area contributed by atoms with Crippen LogP contribution in [0.4, 0.5) is 5.69 Å². The standard InChI is InChI=1S/C20H23N3O2/c21-17(15-6-2-1-3-7-15)13-22-19(24)8-4-5-14-9-10-18-16(11-14)12-20(25)23-18/h1-3,6-7,9-11,17H,4-5,8,12-13,21H2,(H,22,24)(H,23,25). The fourth-order valence-electron chi connectivity index (χ4n) is 3.02. The quantitative estimate of drug-likeness (QED) is 0.725. The van der Waals surface area contributed by atoms with Crippen molar-refractivity contribution in [3.63, 3.8) is 0 Å². The number of hydrogen-bond donors (Lipinski definition) is 3. The third-order valence-corrected chi connectivity index (χ3v) is 4.41. The van der Waals surface area contributed by atoms with Gasteiger partial charge in [0.15, 0.2) is 0 Å². The Morgan fingerprint density at radius 2 is 2.00 bits per heavy atom. The number of carbonyl (C=O) groups excluding carboxylic acids is 2. The Balaban J connectivity index is 1.40. The number of benzene rings is 2.